The number of H-pyrrole nitrogens is 1. The molecule has 0 aliphatic rings. The minimum Gasteiger partial charge on any atom is -0.370 e. The third-order valence-corrected chi connectivity index (χ3v) is 5.13. The van der Waals surface area contributed by atoms with E-state index in [2.05, 4.69) is 15.6 Å². The van der Waals surface area contributed by atoms with E-state index in [-0.39, 0.29) is 43.3 Å². The van der Waals surface area contributed by atoms with Gasteiger partial charge in [-0.2, -0.15) is 0 Å². The summed E-state index contributed by atoms with van der Waals surface area (Å²) >= 11 is 0. The summed E-state index contributed by atoms with van der Waals surface area (Å²) in [5.74, 6) is -0.487. The molecule has 0 spiro atoms. The van der Waals surface area contributed by atoms with Gasteiger partial charge in [-0.25, -0.2) is 4.98 Å². The molecular weight excluding hydrogens is 446 g/mol. The molecule has 1 atom stereocenters. The van der Waals surface area contributed by atoms with Crippen LogP contribution in [0.5, 0.6) is 0 Å². The van der Waals surface area contributed by atoms with Crippen molar-refractivity contribution in [3.8, 4) is 11.5 Å². The molecule has 7 N–H and O–H groups in total. The SMILES string of the molecule is CN(C)C(CCC([NH])=O)c1ccc2[nH]c(-c3cc(NC(=O)CNC(=N)N)cn3C)nc2c1.Cl. The van der Waals surface area contributed by atoms with Crippen LogP contribution in [0.3, 0.4) is 0 Å². The lowest BCUT2D eigenvalue weighted by Gasteiger charge is -2.24. The lowest BCUT2D eigenvalue weighted by Crippen LogP contribution is -2.36. The van der Waals surface area contributed by atoms with Gasteiger partial charge in [0.25, 0.3) is 0 Å². The van der Waals surface area contributed by atoms with Crippen molar-refractivity contribution in [2.75, 3.05) is 26.0 Å². The molecule has 2 amide bonds. The second-order valence-electron chi connectivity index (χ2n) is 7.84. The minimum atomic E-state index is -0.566. The van der Waals surface area contributed by atoms with E-state index >= 15 is 0 Å². The number of halogens is 1. The first-order valence-corrected chi connectivity index (χ1v) is 10.1. The van der Waals surface area contributed by atoms with Crippen molar-refractivity contribution in [2.45, 2.75) is 18.9 Å². The third kappa shape index (κ3) is 6.46. The number of aromatic amines is 1. The summed E-state index contributed by atoms with van der Waals surface area (Å²) in [5, 5.41) is 12.3. The molecule has 33 heavy (non-hydrogen) atoms. The fourth-order valence-corrected chi connectivity index (χ4v) is 3.59. The zero-order valence-corrected chi connectivity index (χ0v) is 19.5. The number of nitrogens with two attached hydrogens (primary N) is 1. The molecule has 177 valence electrons. The molecule has 0 saturated heterocycles. The average molecular weight is 475 g/mol. The van der Waals surface area contributed by atoms with Crippen LogP contribution < -0.4 is 22.1 Å². The van der Waals surface area contributed by atoms with Crippen molar-refractivity contribution in [1.29, 1.82) is 5.41 Å². The summed E-state index contributed by atoms with van der Waals surface area (Å²) < 4.78 is 1.86. The lowest BCUT2D eigenvalue weighted by atomic mass is 10.0. The van der Waals surface area contributed by atoms with Crippen LogP contribution in [0.25, 0.3) is 22.6 Å². The van der Waals surface area contributed by atoms with Crippen LogP contribution >= 0.6 is 12.4 Å². The Labute approximate surface area is 197 Å². The van der Waals surface area contributed by atoms with Crippen molar-refractivity contribution in [1.82, 2.24) is 30.5 Å². The summed E-state index contributed by atoms with van der Waals surface area (Å²) in [6, 6.07) is 7.77. The number of rotatable bonds is 9. The molecule has 1 unspecified atom stereocenters. The van der Waals surface area contributed by atoms with Gasteiger partial charge in [0, 0.05) is 25.7 Å². The second-order valence-corrected chi connectivity index (χ2v) is 7.84. The normalized spacial score (nSPS) is 11.8. The standard InChI is InChI=1S/C21H28N9O2.ClH/c1-29(2)16(6-7-18(22)31)12-4-5-14-15(8-12)28-20(27-14)17-9-13(11-30(17)3)26-19(32)10-25-21(23)24;/h4-5,8-9,11,16,22H,6-7,10H2,1-3H3,(H,26,32)(H,27,28)(H4,23,24,25);1H. The molecule has 0 saturated carbocycles. The number of aryl methyl sites for hydroxylation is 1. The third-order valence-electron chi connectivity index (χ3n) is 5.13. The molecule has 1 radical (unpaired) electrons. The quantitative estimate of drug-likeness (QED) is 0.233. The van der Waals surface area contributed by atoms with E-state index < -0.39 is 5.91 Å². The summed E-state index contributed by atoms with van der Waals surface area (Å²) in [6.07, 6.45) is 2.55. The van der Waals surface area contributed by atoms with Gasteiger partial charge in [0.05, 0.1) is 29.0 Å². The highest BCUT2D eigenvalue weighted by Crippen LogP contribution is 2.29. The molecule has 2 aromatic heterocycles. The van der Waals surface area contributed by atoms with Crippen LogP contribution in [0.2, 0.25) is 0 Å². The molecular formula is C21H29ClN9O2. The van der Waals surface area contributed by atoms with E-state index in [4.69, 9.17) is 21.9 Å². The number of hydrogen-bond donors (Lipinski definition) is 5. The number of guanidine groups is 1. The number of carbonyl (C=O) groups is 2. The van der Waals surface area contributed by atoms with E-state index in [0.29, 0.717) is 17.9 Å². The first-order valence-electron chi connectivity index (χ1n) is 10.1. The van der Waals surface area contributed by atoms with E-state index in [9.17, 15) is 9.59 Å². The maximum Gasteiger partial charge on any atom is 0.243 e. The minimum absolute atomic E-state index is 0. The van der Waals surface area contributed by atoms with Gasteiger partial charge in [-0.3, -0.25) is 20.7 Å². The Kier molecular flexibility index (Phi) is 8.44. The smallest absolute Gasteiger partial charge is 0.243 e. The second kappa shape index (κ2) is 10.8. The van der Waals surface area contributed by atoms with Crippen LogP contribution in [0.15, 0.2) is 30.5 Å². The molecule has 3 aromatic rings. The Bertz CT molecular complexity index is 1150. The zero-order valence-electron chi connectivity index (χ0n) is 18.7. The van der Waals surface area contributed by atoms with Crippen molar-refractivity contribution in [3.63, 3.8) is 0 Å². The maximum absolute atomic E-state index is 12.0. The highest BCUT2D eigenvalue weighted by Gasteiger charge is 2.18. The summed E-state index contributed by atoms with van der Waals surface area (Å²) in [7, 11) is 5.76. The van der Waals surface area contributed by atoms with Crippen molar-refractivity contribution in [3.05, 3.63) is 36.0 Å². The van der Waals surface area contributed by atoms with Gasteiger partial charge in [0.1, 0.15) is 0 Å². The molecule has 3 rings (SSSR count). The number of aromatic nitrogens is 3. The average Bonchev–Trinajstić information content (AvgIpc) is 3.28. The number of nitrogens with zero attached hydrogens (tertiary/aromatic N) is 3. The largest absolute Gasteiger partial charge is 0.370 e. The summed E-state index contributed by atoms with van der Waals surface area (Å²) in [6.45, 7) is -0.0914. The van der Waals surface area contributed by atoms with Crippen molar-refractivity contribution < 1.29 is 9.59 Å². The molecule has 0 aliphatic heterocycles. The van der Waals surface area contributed by atoms with Gasteiger partial charge in [-0.15, -0.1) is 12.4 Å². The number of fused-ring (bicyclic) bond motifs is 1. The van der Waals surface area contributed by atoms with Crippen LogP contribution in [-0.4, -0.2) is 57.8 Å². The van der Waals surface area contributed by atoms with E-state index in [0.717, 1.165) is 22.3 Å². The number of anilines is 1. The van der Waals surface area contributed by atoms with Gasteiger partial charge in [0.15, 0.2) is 11.8 Å². The fraction of sp³-hybridized carbons (Fsp3) is 0.333. The van der Waals surface area contributed by atoms with Crippen LogP contribution in [0.4, 0.5) is 5.69 Å². The highest BCUT2D eigenvalue weighted by molar-refractivity contribution is 5.95. The summed E-state index contributed by atoms with van der Waals surface area (Å²) in [4.78, 5) is 33.2. The molecule has 12 heteroatoms. The first-order chi connectivity index (χ1) is 15.1. The Morgan fingerprint density at radius 3 is 2.67 bits per heavy atom. The molecule has 1 aromatic carbocycles. The number of nitrogens with one attached hydrogen (secondary N) is 5. The number of amides is 2. The van der Waals surface area contributed by atoms with Gasteiger partial charge < -0.3 is 30.8 Å². The van der Waals surface area contributed by atoms with Gasteiger partial charge in [-0.1, -0.05) is 6.07 Å². The lowest BCUT2D eigenvalue weighted by molar-refractivity contribution is -0.119. The molecule has 11 nitrogen and oxygen atoms in total. The van der Waals surface area contributed by atoms with Crippen molar-refractivity contribution >= 4 is 46.9 Å². The van der Waals surface area contributed by atoms with E-state index in [1.165, 1.54) is 0 Å². The van der Waals surface area contributed by atoms with Crippen LogP contribution in [0.1, 0.15) is 24.4 Å². The molecule has 0 aliphatic carbocycles. The molecule has 2 heterocycles. The number of imidazole rings is 1. The van der Waals surface area contributed by atoms with E-state index in [1.54, 1.807) is 6.20 Å². The van der Waals surface area contributed by atoms with E-state index in [1.807, 2.05) is 54.9 Å². The Morgan fingerprint density at radius 2 is 2.03 bits per heavy atom. The maximum atomic E-state index is 12.0. The Hall–Kier alpha value is -3.57. The zero-order chi connectivity index (χ0) is 23.4. The fourth-order valence-electron chi connectivity index (χ4n) is 3.59. The number of benzene rings is 1. The summed E-state index contributed by atoms with van der Waals surface area (Å²) in [5.41, 5.74) is 16.5. The molecule has 0 fully saturated rings. The Morgan fingerprint density at radius 1 is 1.30 bits per heavy atom. The first kappa shape index (κ1) is 25.7. The van der Waals surface area contributed by atoms with Gasteiger partial charge in [0.2, 0.25) is 11.8 Å². The predicted molar refractivity (Wildman–Crippen MR) is 130 cm³/mol. The van der Waals surface area contributed by atoms with Crippen molar-refractivity contribution in [2.24, 2.45) is 12.8 Å². The van der Waals surface area contributed by atoms with Gasteiger partial charge in [-0.05, 0) is 44.3 Å². The molecule has 0 bridgehead atoms. The van der Waals surface area contributed by atoms with Crippen LogP contribution in [-0.2, 0) is 16.6 Å². The highest BCUT2D eigenvalue weighted by atomic mass is 35.5. The predicted octanol–water partition coefficient (Wildman–Crippen LogP) is 1.60. The monoisotopic (exact) mass is 474 g/mol. The topological polar surface area (TPSA) is 169 Å². The van der Waals surface area contributed by atoms with Gasteiger partial charge >= 0.3 is 0 Å². The Balaban J connectivity index is 0.00000385. The number of carbonyl (C=O) groups excluding carboxylic acids is 2. The van der Waals surface area contributed by atoms with Crippen LogP contribution in [0, 0.1) is 5.41 Å². The number of hydrogen-bond acceptors (Lipinski definition) is 5.